The molecule has 2 heterocycles. The van der Waals surface area contributed by atoms with Crippen molar-refractivity contribution in [2.45, 2.75) is 32.1 Å². The number of thiophene rings is 1. The highest BCUT2D eigenvalue weighted by molar-refractivity contribution is 7.25. The second-order valence-corrected chi connectivity index (χ2v) is 16.4. The zero-order valence-electron chi connectivity index (χ0n) is 32.4. The van der Waals surface area contributed by atoms with Crippen LogP contribution in [-0.4, -0.2) is 5.84 Å². The van der Waals surface area contributed by atoms with Crippen LogP contribution in [0.4, 0.5) is 11.4 Å². The fourth-order valence-electron chi connectivity index (χ4n) is 8.53. The monoisotopic (exact) mass is 768 g/mol. The lowest BCUT2D eigenvalue weighted by molar-refractivity contribution is 0.410. The van der Waals surface area contributed by atoms with Crippen molar-refractivity contribution in [3.8, 4) is 11.1 Å². The second-order valence-electron chi connectivity index (χ2n) is 15.3. The number of amidine groups is 1. The standard InChI is InChI=1S/C53H44N4S/c1-35-28-29-37(32-36-16-5-2-6-17-36)33-45(35)42-23-12-11-22-41(42)39-30-31-48-46(34-39)50-44(25-15-27-49(50)58-48)53-56-51(38-18-7-3-8-19-38)55-52(57-53)43-24-13-14-26-47(43)54-40-20-9-4-10-21-40/h2-27,29-31,33-35,51-52,54-55H,28,32H2,1H3,(H,56,57). The number of nitrogens with zero attached hydrogens (tertiary/aromatic N) is 1. The first-order valence-electron chi connectivity index (χ1n) is 20.2. The van der Waals surface area contributed by atoms with Crippen molar-refractivity contribution in [2.75, 3.05) is 5.32 Å². The summed E-state index contributed by atoms with van der Waals surface area (Å²) < 4.78 is 2.52. The van der Waals surface area contributed by atoms with Gasteiger partial charge in [0, 0.05) is 42.7 Å². The van der Waals surface area contributed by atoms with E-state index in [1.54, 1.807) is 0 Å². The van der Waals surface area contributed by atoms with Gasteiger partial charge in [0.25, 0.3) is 0 Å². The molecule has 1 aliphatic carbocycles. The molecule has 0 saturated carbocycles. The van der Waals surface area contributed by atoms with Crippen LogP contribution in [-0.2, 0) is 6.42 Å². The maximum absolute atomic E-state index is 5.48. The number of anilines is 2. The third-order valence-corrected chi connectivity index (χ3v) is 12.6. The molecule has 5 heteroatoms. The summed E-state index contributed by atoms with van der Waals surface area (Å²) in [5.74, 6) is 1.31. The summed E-state index contributed by atoms with van der Waals surface area (Å²) in [6, 6.07) is 62.9. The van der Waals surface area contributed by atoms with Gasteiger partial charge in [0.15, 0.2) is 0 Å². The Bertz CT molecular complexity index is 2840. The van der Waals surface area contributed by atoms with Gasteiger partial charge in [0.2, 0.25) is 0 Å². The van der Waals surface area contributed by atoms with Crippen molar-refractivity contribution >= 4 is 54.3 Å². The number of hydrogen-bond donors (Lipinski definition) is 3. The van der Waals surface area contributed by atoms with E-state index in [-0.39, 0.29) is 12.3 Å². The van der Waals surface area contributed by atoms with Gasteiger partial charge in [-0.2, -0.15) is 0 Å². The average molecular weight is 769 g/mol. The van der Waals surface area contributed by atoms with Gasteiger partial charge in [0.1, 0.15) is 18.2 Å². The van der Waals surface area contributed by atoms with Gasteiger partial charge in [-0.25, -0.2) is 4.99 Å². The lowest BCUT2D eigenvalue weighted by Gasteiger charge is -2.33. The molecule has 0 bridgehead atoms. The molecule has 10 rings (SSSR count). The van der Waals surface area contributed by atoms with E-state index in [2.05, 4.69) is 205 Å². The van der Waals surface area contributed by atoms with Crippen LogP contribution >= 0.6 is 11.3 Å². The summed E-state index contributed by atoms with van der Waals surface area (Å²) in [6.45, 7) is 2.36. The highest BCUT2D eigenvalue weighted by Crippen LogP contribution is 2.42. The lowest BCUT2D eigenvalue weighted by atomic mass is 9.81. The van der Waals surface area contributed by atoms with Gasteiger partial charge in [0.05, 0.1) is 0 Å². The SMILES string of the molecule is CC1CC=C(Cc2ccccc2)C=C1c1ccccc1-c1ccc2sc3cccc(C4=NC(c5ccccc5Nc5ccccc5)NC(c5ccccc5)N4)c3c2c1. The predicted molar refractivity (Wildman–Crippen MR) is 246 cm³/mol. The molecule has 282 valence electrons. The molecule has 1 aromatic heterocycles. The average Bonchev–Trinajstić information content (AvgIpc) is 3.66. The fourth-order valence-corrected chi connectivity index (χ4v) is 9.64. The first kappa shape index (κ1) is 35.9. The minimum atomic E-state index is -0.303. The minimum Gasteiger partial charge on any atom is -0.355 e. The zero-order valence-corrected chi connectivity index (χ0v) is 33.2. The van der Waals surface area contributed by atoms with E-state index in [1.807, 2.05) is 17.4 Å². The quantitative estimate of drug-likeness (QED) is 0.137. The van der Waals surface area contributed by atoms with Crippen molar-refractivity contribution in [1.82, 2.24) is 10.6 Å². The van der Waals surface area contributed by atoms with Crippen LogP contribution in [0.2, 0.25) is 0 Å². The number of benzene rings is 7. The Morgan fingerprint density at radius 2 is 1.38 bits per heavy atom. The minimum absolute atomic E-state index is 0.155. The van der Waals surface area contributed by atoms with Crippen molar-refractivity contribution in [3.05, 3.63) is 221 Å². The Balaban J connectivity index is 1.07. The van der Waals surface area contributed by atoms with Crippen LogP contribution < -0.4 is 16.0 Å². The molecule has 1 aliphatic heterocycles. The Kier molecular flexibility index (Phi) is 9.76. The van der Waals surface area contributed by atoms with E-state index in [4.69, 9.17) is 4.99 Å². The molecule has 3 N–H and O–H groups in total. The lowest BCUT2D eigenvalue weighted by Crippen LogP contribution is -2.45. The number of aliphatic imine (C=N–C) groups is 1. The molecule has 0 radical (unpaired) electrons. The molecule has 7 aromatic carbocycles. The van der Waals surface area contributed by atoms with E-state index in [9.17, 15) is 0 Å². The van der Waals surface area contributed by atoms with Gasteiger partial charge in [-0.3, -0.25) is 5.32 Å². The van der Waals surface area contributed by atoms with Crippen LogP contribution in [0.25, 0.3) is 36.9 Å². The van der Waals surface area contributed by atoms with Gasteiger partial charge in [-0.1, -0.05) is 159 Å². The third kappa shape index (κ3) is 7.15. The number of fused-ring (bicyclic) bond motifs is 3. The number of allylic oxidation sites excluding steroid dienone is 4. The summed E-state index contributed by atoms with van der Waals surface area (Å²) >= 11 is 1.85. The Morgan fingerprint density at radius 3 is 2.21 bits per heavy atom. The fraction of sp³-hybridized carbons (Fsp3) is 0.113. The molecule has 0 amide bonds. The normalized spacial score (nSPS) is 17.9. The second kappa shape index (κ2) is 15.8. The molecule has 8 aromatic rings. The summed E-state index contributed by atoms with van der Waals surface area (Å²) in [7, 11) is 0. The third-order valence-electron chi connectivity index (χ3n) is 11.5. The van der Waals surface area contributed by atoms with E-state index in [0.717, 1.165) is 46.7 Å². The highest BCUT2D eigenvalue weighted by atomic mass is 32.1. The van der Waals surface area contributed by atoms with E-state index >= 15 is 0 Å². The Hall–Kier alpha value is -6.53. The molecule has 3 atom stereocenters. The summed E-state index contributed by atoms with van der Waals surface area (Å²) in [4.78, 5) is 5.48. The first-order chi connectivity index (χ1) is 28.6. The topological polar surface area (TPSA) is 48.5 Å². The number of rotatable bonds is 9. The van der Waals surface area contributed by atoms with Gasteiger partial charge < -0.3 is 10.6 Å². The van der Waals surface area contributed by atoms with Crippen LogP contribution in [0, 0.1) is 5.92 Å². The predicted octanol–water partition coefficient (Wildman–Crippen LogP) is 13.4. The number of nitrogens with one attached hydrogen (secondary N) is 3. The Morgan fingerprint density at radius 1 is 0.672 bits per heavy atom. The zero-order chi connectivity index (χ0) is 38.8. The first-order valence-corrected chi connectivity index (χ1v) is 21.0. The molecule has 3 unspecified atom stereocenters. The smallest absolute Gasteiger partial charge is 0.132 e. The molecule has 2 aliphatic rings. The molecular formula is C53H44N4S. The number of para-hydroxylation sites is 2. The van der Waals surface area contributed by atoms with Gasteiger partial charge in [-0.15, -0.1) is 11.3 Å². The maximum Gasteiger partial charge on any atom is 0.132 e. The highest BCUT2D eigenvalue weighted by Gasteiger charge is 2.28. The molecule has 4 nitrogen and oxygen atoms in total. The van der Waals surface area contributed by atoms with E-state index in [1.165, 1.54) is 53.6 Å². The van der Waals surface area contributed by atoms with Gasteiger partial charge in [-0.05, 0) is 94.1 Å². The van der Waals surface area contributed by atoms with Crippen molar-refractivity contribution in [1.29, 1.82) is 0 Å². The van der Waals surface area contributed by atoms with E-state index < -0.39 is 0 Å². The summed E-state index contributed by atoms with van der Waals surface area (Å²) in [5.41, 5.74) is 13.4. The van der Waals surface area contributed by atoms with Crippen LogP contribution in [0.5, 0.6) is 0 Å². The van der Waals surface area contributed by atoms with Crippen molar-refractivity contribution < 1.29 is 0 Å². The van der Waals surface area contributed by atoms with Crippen molar-refractivity contribution in [3.63, 3.8) is 0 Å². The maximum atomic E-state index is 5.48. The van der Waals surface area contributed by atoms with Crippen LogP contribution in [0.3, 0.4) is 0 Å². The summed E-state index contributed by atoms with van der Waals surface area (Å²) in [6.07, 6.45) is 6.41. The van der Waals surface area contributed by atoms with Crippen molar-refractivity contribution in [2.24, 2.45) is 10.9 Å². The molecule has 0 spiro atoms. The van der Waals surface area contributed by atoms with Gasteiger partial charge >= 0.3 is 0 Å². The van der Waals surface area contributed by atoms with E-state index in [0.29, 0.717) is 5.92 Å². The summed E-state index contributed by atoms with van der Waals surface area (Å²) in [5, 5.41) is 13.8. The Labute approximate surface area is 344 Å². The molecule has 0 fully saturated rings. The molecular weight excluding hydrogens is 725 g/mol. The largest absolute Gasteiger partial charge is 0.355 e. The molecule has 58 heavy (non-hydrogen) atoms. The van der Waals surface area contributed by atoms with Crippen LogP contribution in [0.15, 0.2) is 199 Å². The molecule has 0 saturated heterocycles. The number of hydrogen-bond acceptors (Lipinski definition) is 5. The van der Waals surface area contributed by atoms with Crippen LogP contribution in [0.1, 0.15) is 53.5 Å².